The van der Waals surface area contributed by atoms with Gasteiger partial charge in [0, 0.05) is 30.5 Å². The monoisotopic (exact) mass is 380 g/mol. The molecule has 0 aliphatic rings. The number of hydrogen-bond donors (Lipinski definition) is 1. The van der Waals surface area contributed by atoms with E-state index in [0.29, 0.717) is 22.9 Å². The minimum Gasteiger partial charge on any atom is -0.478 e. The largest absolute Gasteiger partial charge is 0.478 e. The van der Waals surface area contributed by atoms with Crippen molar-refractivity contribution in [2.24, 2.45) is 7.05 Å². The highest BCUT2D eigenvalue weighted by molar-refractivity contribution is 7.98. The third kappa shape index (κ3) is 4.46. The molecule has 3 rings (SSSR count). The number of carboxylic acids is 1. The van der Waals surface area contributed by atoms with Crippen molar-refractivity contribution in [1.82, 2.24) is 9.55 Å². The minimum absolute atomic E-state index is 0.0480. The van der Waals surface area contributed by atoms with Crippen molar-refractivity contribution >= 4 is 17.7 Å². The van der Waals surface area contributed by atoms with Crippen molar-refractivity contribution in [3.8, 4) is 0 Å². The van der Waals surface area contributed by atoms with Gasteiger partial charge in [0.05, 0.1) is 5.56 Å². The molecular formula is C21H20N2O3S. The average molecular weight is 380 g/mol. The topological polar surface area (TPSA) is 72.2 Å². The normalized spacial score (nSPS) is 10.7. The van der Waals surface area contributed by atoms with E-state index in [9.17, 15) is 9.59 Å². The van der Waals surface area contributed by atoms with Crippen LogP contribution in [0.1, 0.15) is 32.7 Å². The maximum absolute atomic E-state index is 12.8. The van der Waals surface area contributed by atoms with Crippen molar-refractivity contribution < 1.29 is 9.90 Å². The molecular weight excluding hydrogens is 360 g/mol. The van der Waals surface area contributed by atoms with Crippen LogP contribution in [0.3, 0.4) is 0 Å². The van der Waals surface area contributed by atoms with Gasteiger partial charge in [0.15, 0.2) is 5.16 Å². The molecule has 0 saturated heterocycles. The molecule has 6 heteroatoms. The van der Waals surface area contributed by atoms with Crippen LogP contribution in [0.5, 0.6) is 0 Å². The lowest BCUT2D eigenvalue weighted by molar-refractivity contribution is 0.0697. The second kappa shape index (κ2) is 8.22. The van der Waals surface area contributed by atoms with Gasteiger partial charge >= 0.3 is 5.97 Å². The lowest BCUT2D eigenvalue weighted by Gasteiger charge is -2.12. The first-order valence-electron chi connectivity index (χ1n) is 8.51. The van der Waals surface area contributed by atoms with E-state index in [-0.39, 0.29) is 11.1 Å². The van der Waals surface area contributed by atoms with Crippen molar-refractivity contribution in [1.29, 1.82) is 0 Å². The Kier molecular flexibility index (Phi) is 5.76. The summed E-state index contributed by atoms with van der Waals surface area (Å²) >= 11 is 1.42. The number of thioether (sulfide) groups is 1. The van der Waals surface area contributed by atoms with Gasteiger partial charge in [-0.25, -0.2) is 9.78 Å². The second-order valence-corrected chi connectivity index (χ2v) is 7.22. The van der Waals surface area contributed by atoms with Crippen LogP contribution in [0.15, 0.2) is 64.5 Å². The quantitative estimate of drug-likeness (QED) is 0.522. The van der Waals surface area contributed by atoms with Crippen molar-refractivity contribution in [3.63, 3.8) is 0 Å². The molecule has 1 aromatic heterocycles. The molecule has 0 aliphatic heterocycles. The molecule has 0 spiro atoms. The van der Waals surface area contributed by atoms with Crippen molar-refractivity contribution in [3.05, 3.63) is 92.9 Å². The van der Waals surface area contributed by atoms with Gasteiger partial charge in [-0.2, -0.15) is 0 Å². The zero-order valence-electron chi connectivity index (χ0n) is 15.2. The fourth-order valence-electron chi connectivity index (χ4n) is 2.80. The number of carboxylic acid groups (broad SMARTS) is 1. The van der Waals surface area contributed by atoms with Gasteiger partial charge in [-0.3, -0.25) is 9.36 Å². The number of aryl methyl sites for hydroxylation is 1. The zero-order valence-corrected chi connectivity index (χ0v) is 16.0. The fraction of sp³-hybridized carbons (Fsp3) is 0.190. The molecule has 1 heterocycles. The highest BCUT2D eigenvalue weighted by atomic mass is 32.2. The van der Waals surface area contributed by atoms with Crippen LogP contribution in [0.2, 0.25) is 0 Å². The molecule has 0 atom stereocenters. The fourth-order valence-corrected chi connectivity index (χ4v) is 3.76. The molecule has 0 saturated carbocycles. The molecule has 2 aromatic carbocycles. The van der Waals surface area contributed by atoms with Gasteiger partial charge in [-0.15, -0.1) is 0 Å². The summed E-state index contributed by atoms with van der Waals surface area (Å²) in [6.45, 7) is 1.86. The molecule has 0 unspecified atom stereocenters. The summed E-state index contributed by atoms with van der Waals surface area (Å²) in [7, 11) is 1.72. The van der Waals surface area contributed by atoms with Crippen LogP contribution in [-0.2, 0) is 19.2 Å². The van der Waals surface area contributed by atoms with Gasteiger partial charge in [0.1, 0.15) is 0 Å². The highest BCUT2D eigenvalue weighted by Gasteiger charge is 2.13. The zero-order chi connectivity index (χ0) is 19.4. The summed E-state index contributed by atoms with van der Waals surface area (Å²) in [4.78, 5) is 28.5. The minimum atomic E-state index is -0.950. The van der Waals surface area contributed by atoms with E-state index >= 15 is 0 Å². The van der Waals surface area contributed by atoms with Crippen LogP contribution in [0, 0.1) is 6.92 Å². The Bertz CT molecular complexity index is 1030. The van der Waals surface area contributed by atoms with E-state index in [4.69, 9.17) is 5.11 Å². The van der Waals surface area contributed by atoms with E-state index in [2.05, 4.69) is 4.98 Å². The predicted octanol–water partition coefficient (Wildman–Crippen LogP) is 3.67. The van der Waals surface area contributed by atoms with E-state index in [1.54, 1.807) is 29.8 Å². The second-order valence-electron chi connectivity index (χ2n) is 6.28. The molecule has 3 aromatic rings. The van der Waals surface area contributed by atoms with Gasteiger partial charge in [0.25, 0.3) is 5.56 Å². The maximum Gasteiger partial charge on any atom is 0.335 e. The number of nitrogens with zero attached hydrogens (tertiary/aromatic N) is 2. The summed E-state index contributed by atoms with van der Waals surface area (Å²) in [5.41, 5.74) is 3.58. The highest BCUT2D eigenvalue weighted by Crippen LogP contribution is 2.22. The molecule has 138 valence electrons. The van der Waals surface area contributed by atoms with Crippen LogP contribution in [0.4, 0.5) is 0 Å². The third-order valence-corrected chi connectivity index (χ3v) is 5.42. The number of benzene rings is 2. The number of rotatable bonds is 6. The van der Waals surface area contributed by atoms with Crippen LogP contribution in [0.25, 0.3) is 0 Å². The Morgan fingerprint density at radius 3 is 2.52 bits per heavy atom. The Balaban J connectivity index is 1.82. The lowest BCUT2D eigenvalue weighted by atomic mass is 10.1. The SMILES string of the molecule is Cc1nc(SCc2cccc(C(=O)O)c2)n(C)c(=O)c1Cc1ccccc1. The molecule has 5 nitrogen and oxygen atoms in total. The van der Waals surface area contributed by atoms with Gasteiger partial charge in [-0.1, -0.05) is 54.2 Å². The van der Waals surface area contributed by atoms with E-state index in [1.807, 2.05) is 43.3 Å². The molecule has 0 amide bonds. The van der Waals surface area contributed by atoms with Crippen LogP contribution in [-0.4, -0.2) is 20.6 Å². The smallest absolute Gasteiger partial charge is 0.335 e. The molecule has 27 heavy (non-hydrogen) atoms. The summed E-state index contributed by atoms with van der Waals surface area (Å²) in [6, 6.07) is 16.7. The summed E-state index contributed by atoms with van der Waals surface area (Å²) in [5, 5.41) is 9.72. The van der Waals surface area contributed by atoms with Crippen LogP contribution < -0.4 is 5.56 Å². The average Bonchev–Trinajstić information content (AvgIpc) is 2.68. The van der Waals surface area contributed by atoms with Gasteiger partial charge < -0.3 is 5.11 Å². The first-order valence-corrected chi connectivity index (χ1v) is 9.49. The molecule has 0 fully saturated rings. The Hall–Kier alpha value is -2.86. The first-order chi connectivity index (χ1) is 13.0. The van der Waals surface area contributed by atoms with E-state index in [1.165, 1.54) is 11.8 Å². The maximum atomic E-state index is 12.8. The summed E-state index contributed by atoms with van der Waals surface area (Å²) in [6.07, 6.45) is 0.554. The number of aromatic carboxylic acids is 1. The van der Waals surface area contributed by atoms with E-state index in [0.717, 1.165) is 16.8 Å². The predicted molar refractivity (Wildman–Crippen MR) is 106 cm³/mol. The van der Waals surface area contributed by atoms with E-state index < -0.39 is 5.97 Å². The number of hydrogen-bond acceptors (Lipinski definition) is 4. The Morgan fingerprint density at radius 2 is 1.81 bits per heavy atom. The summed E-state index contributed by atoms with van der Waals surface area (Å²) in [5.74, 6) is -0.410. The molecule has 0 radical (unpaired) electrons. The molecule has 1 N–H and O–H groups in total. The Labute approximate surface area is 161 Å². The van der Waals surface area contributed by atoms with Crippen LogP contribution >= 0.6 is 11.8 Å². The van der Waals surface area contributed by atoms with Gasteiger partial charge in [-0.05, 0) is 30.2 Å². The van der Waals surface area contributed by atoms with Gasteiger partial charge in [0.2, 0.25) is 0 Å². The molecule has 0 bridgehead atoms. The third-order valence-electron chi connectivity index (χ3n) is 4.32. The van der Waals surface area contributed by atoms with Crippen molar-refractivity contribution in [2.45, 2.75) is 24.3 Å². The molecule has 0 aliphatic carbocycles. The number of carbonyl (C=O) groups is 1. The Morgan fingerprint density at radius 1 is 1.11 bits per heavy atom. The standard InChI is InChI=1S/C21H20N2O3S/c1-14-18(12-15-7-4-3-5-8-15)19(24)23(2)21(22-14)27-13-16-9-6-10-17(11-16)20(25)26/h3-11H,12-13H2,1-2H3,(H,25,26). The van der Waals surface area contributed by atoms with Crippen molar-refractivity contribution in [2.75, 3.05) is 0 Å². The lowest BCUT2D eigenvalue weighted by Crippen LogP contribution is -2.25. The first kappa shape index (κ1) is 18.9. The summed E-state index contributed by atoms with van der Waals surface area (Å²) < 4.78 is 1.57. The number of aromatic nitrogens is 2.